The van der Waals surface area contributed by atoms with Crippen molar-refractivity contribution in [1.29, 1.82) is 10.5 Å². The summed E-state index contributed by atoms with van der Waals surface area (Å²) in [5.74, 6) is -0.438. The molecular weight excluding hydrogens is 248 g/mol. The minimum Gasteiger partial charge on any atom is -0.394 e. The summed E-state index contributed by atoms with van der Waals surface area (Å²) in [6, 6.07) is 3.50. The van der Waals surface area contributed by atoms with Gasteiger partial charge in [-0.3, -0.25) is 0 Å². The maximum Gasteiger partial charge on any atom is 0.378 e. The smallest absolute Gasteiger partial charge is 0.378 e. The van der Waals surface area contributed by atoms with E-state index in [1.165, 1.54) is 4.90 Å². The van der Waals surface area contributed by atoms with Gasteiger partial charge >= 0.3 is 17.9 Å². The number of nitrogens with zero attached hydrogens (tertiary/aromatic N) is 10. The lowest BCUT2D eigenvalue weighted by atomic mass is 10.5. The molecule has 0 saturated carbocycles. The molecule has 86 valence electrons. The molecule has 0 aliphatic carbocycles. The fourth-order valence-electron chi connectivity index (χ4n) is 1.43. The van der Waals surface area contributed by atoms with Gasteiger partial charge in [0.05, 0.1) is 0 Å². The largest absolute Gasteiger partial charge is 0.394 e. The lowest BCUT2D eigenvalue weighted by Gasteiger charge is -2.24. The lowest BCUT2D eigenvalue weighted by Crippen LogP contribution is -2.47. The molecule has 0 fully saturated rings. The Morgan fingerprint density at radius 1 is 0.842 bits per heavy atom. The van der Waals surface area contributed by atoms with E-state index in [-0.39, 0.29) is 35.5 Å². The highest BCUT2D eigenvalue weighted by atomic mass is 15.5. The molecule has 0 radical (unpaired) electrons. The van der Waals surface area contributed by atoms with Crippen molar-refractivity contribution in [1.82, 2.24) is 4.90 Å². The van der Waals surface area contributed by atoms with E-state index in [1.54, 1.807) is 12.1 Å². The van der Waals surface area contributed by atoms with Gasteiger partial charge in [0.1, 0.15) is 12.1 Å². The second kappa shape index (κ2) is 3.65. The van der Waals surface area contributed by atoms with Gasteiger partial charge in [0, 0.05) is 0 Å². The van der Waals surface area contributed by atoms with Gasteiger partial charge in [-0.2, -0.15) is 35.4 Å². The molecule has 3 aliphatic heterocycles. The summed E-state index contributed by atoms with van der Waals surface area (Å²) in [7, 11) is 0. The SMILES string of the molecule is [C-]#[N+]C1=NC2=NC(C#N)=NC3=NC(C#N)=NC(=N1)N32. The minimum atomic E-state index is -0.188. The topological polar surface area (TPSA) is 129 Å². The van der Waals surface area contributed by atoms with Gasteiger partial charge in [0.25, 0.3) is 0 Å². The van der Waals surface area contributed by atoms with E-state index in [0.29, 0.717) is 0 Å². The Kier molecular flexibility index (Phi) is 2.01. The number of guanidine groups is 4. The summed E-state index contributed by atoms with van der Waals surface area (Å²) in [6.07, 6.45) is 0. The van der Waals surface area contributed by atoms with Crippen LogP contribution >= 0.6 is 0 Å². The zero-order valence-electron chi connectivity index (χ0n) is 8.97. The Balaban J connectivity index is 2.26. The van der Waals surface area contributed by atoms with E-state index in [0.717, 1.165) is 0 Å². The molecule has 0 saturated heterocycles. The van der Waals surface area contributed by atoms with Crippen LogP contribution in [-0.4, -0.2) is 40.4 Å². The van der Waals surface area contributed by atoms with Crippen LogP contribution in [0.2, 0.25) is 0 Å². The summed E-state index contributed by atoms with van der Waals surface area (Å²) in [6.45, 7) is 6.90. The molecule has 0 N–H and O–H groups in total. The van der Waals surface area contributed by atoms with Crippen LogP contribution in [-0.2, 0) is 0 Å². The van der Waals surface area contributed by atoms with E-state index < -0.39 is 0 Å². The Hall–Kier alpha value is -3.71. The highest BCUT2D eigenvalue weighted by Gasteiger charge is 2.37. The molecular formula is C9N10. The zero-order valence-corrected chi connectivity index (χ0v) is 8.97. The number of nitriles is 2. The maximum atomic E-state index is 8.83. The van der Waals surface area contributed by atoms with Gasteiger partial charge in [-0.05, 0) is 0 Å². The lowest BCUT2D eigenvalue weighted by molar-refractivity contribution is 0.830. The van der Waals surface area contributed by atoms with Crippen LogP contribution in [0.5, 0.6) is 0 Å². The molecule has 3 rings (SSSR count). The van der Waals surface area contributed by atoms with Crippen molar-refractivity contribution in [2.24, 2.45) is 30.0 Å². The number of rotatable bonds is 0. The fraction of sp³-hybridized carbons (Fsp3) is 0. The van der Waals surface area contributed by atoms with Gasteiger partial charge < -0.3 is 4.85 Å². The van der Waals surface area contributed by atoms with Gasteiger partial charge in [0.15, 0.2) is 0 Å². The van der Waals surface area contributed by atoms with E-state index in [9.17, 15) is 0 Å². The first kappa shape index (κ1) is 10.4. The first-order chi connectivity index (χ1) is 9.25. The third-order valence-electron chi connectivity index (χ3n) is 2.12. The second-order valence-electron chi connectivity index (χ2n) is 3.19. The van der Waals surface area contributed by atoms with Gasteiger partial charge in [0.2, 0.25) is 17.6 Å². The van der Waals surface area contributed by atoms with Gasteiger partial charge in [-0.15, -0.1) is 16.6 Å². The van der Waals surface area contributed by atoms with Crippen LogP contribution in [0.4, 0.5) is 0 Å². The first-order valence-corrected chi connectivity index (χ1v) is 4.75. The molecule has 3 heterocycles. The third-order valence-corrected chi connectivity index (χ3v) is 2.12. The van der Waals surface area contributed by atoms with E-state index in [1.807, 2.05) is 0 Å². The highest BCUT2D eigenvalue weighted by Crippen LogP contribution is 2.16. The normalized spacial score (nSPS) is 19.1. The molecule has 10 heteroatoms. The minimum absolute atomic E-state index is 0.0274. The number of amidine groups is 2. The van der Waals surface area contributed by atoms with Crippen LogP contribution in [0.1, 0.15) is 0 Å². The monoisotopic (exact) mass is 248 g/mol. The van der Waals surface area contributed by atoms with Crippen LogP contribution < -0.4 is 0 Å². The average molecular weight is 248 g/mol. The van der Waals surface area contributed by atoms with Crippen molar-refractivity contribution in [2.45, 2.75) is 0 Å². The summed E-state index contributed by atoms with van der Waals surface area (Å²) in [5.41, 5.74) is 0. The average Bonchev–Trinajstić information content (AvgIpc) is 2.46. The molecule has 0 aromatic heterocycles. The Morgan fingerprint density at radius 3 is 1.89 bits per heavy atom. The molecule has 0 bridgehead atoms. The molecule has 0 spiro atoms. The molecule has 19 heavy (non-hydrogen) atoms. The standard InChI is InChI=1S/C9N10/c1-12-6-17-8-15-4(2-10)13-7-14-5(3-11)16-9(18-6)19(7)8. The van der Waals surface area contributed by atoms with Gasteiger partial charge in [-0.1, -0.05) is 0 Å². The Morgan fingerprint density at radius 2 is 1.37 bits per heavy atom. The van der Waals surface area contributed by atoms with E-state index in [4.69, 9.17) is 17.1 Å². The quantitative estimate of drug-likeness (QED) is 0.536. The summed E-state index contributed by atoms with van der Waals surface area (Å²) < 4.78 is 0. The van der Waals surface area contributed by atoms with E-state index in [2.05, 4.69) is 34.8 Å². The Labute approximate surface area is 105 Å². The number of hydrogen-bond donors (Lipinski definition) is 0. The van der Waals surface area contributed by atoms with Crippen LogP contribution in [0, 0.1) is 29.2 Å². The predicted octanol–water partition coefficient (Wildman–Crippen LogP) is -0.483. The van der Waals surface area contributed by atoms with Crippen LogP contribution in [0.15, 0.2) is 30.0 Å². The van der Waals surface area contributed by atoms with Crippen molar-refractivity contribution in [3.05, 3.63) is 11.4 Å². The molecule has 0 atom stereocenters. The first-order valence-electron chi connectivity index (χ1n) is 4.75. The molecule has 0 aromatic carbocycles. The van der Waals surface area contributed by atoms with Crippen LogP contribution in [0.3, 0.4) is 0 Å². The number of hydrogen-bond acceptors (Lipinski definition) is 9. The van der Waals surface area contributed by atoms with Crippen molar-refractivity contribution < 1.29 is 0 Å². The molecule has 10 nitrogen and oxygen atoms in total. The maximum absolute atomic E-state index is 8.83. The number of aliphatic imine (C=N–C) groups is 6. The van der Waals surface area contributed by atoms with Crippen molar-refractivity contribution in [3.8, 4) is 12.1 Å². The molecule has 0 aromatic rings. The van der Waals surface area contributed by atoms with Gasteiger partial charge in [-0.25, -0.2) is 0 Å². The van der Waals surface area contributed by atoms with Crippen molar-refractivity contribution in [3.63, 3.8) is 0 Å². The molecule has 3 aliphatic rings. The second-order valence-corrected chi connectivity index (χ2v) is 3.19. The molecule has 0 unspecified atom stereocenters. The van der Waals surface area contributed by atoms with E-state index >= 15 is 0 Å². The Bertz CT molecular complexity index is 688. The highest BCUT2D eigenvalue weighted by molar-refractivity contribution is 6.33. The third kappa shape index (κ3) is 1.47. The fourth-order valence-corrected chi connectivity index (χ4v) is 1.43. The molecule has 0 amide bonds. The summed E-state index contributed by atoms with van der Waals surface area (Å²) in [5, 5.41) is 17.7. The summed E-state index contributed by atoms with van der Waals surface area (Å²) in [4.78, 5) is 27.4. The van der Waals surface area contributed by atoms with Crippen molar-refractivity contribution in [2.75, 3.05) is 0 Å². The van der Waals surface area contributed by atoms with Crippen molar-refractivity contribution >= 4 is 35.5 Å². The predicted molar refractivity (Wildman–Crippen MR) is 64.3 cm³/mol. The zero-order chi connectivity index (χ0) is 13.4. The van der Waals surface area contributed by atoms with Crippen LogP contribution in [0.25, 0.3) is 4.85 Å². The summed E-state index contributed by atoms with van der Waals surface area (Å²) >= 11 is 0.